The Balaban J connectivity index is 2.24. The molecule has 1 aliphatic rings. The number of rotatable bonds is 5. The minimum Gasteiger partial charge on any atom is -0.365 e. The van der Waals surface area contributed by atoms with Gasteiger partial charge in [-0.1, -0.05) is 20.3 Å². The van der Waals surface area contributed by atoms with Gasteiger partial charge < -0.3 is 11.1 Å². The van der Waals surface area contributed by atoms with Crippen LogP contribution in [-0.2, 0) is 17.6 Å². The van der Waals surface area contributed by atoms with Crippen LogP contribution in [-0.4, -0.2) is 11.8 Å². The third kappa shape index (κ3) is 3.20. The average molecular weight is 294 g/mol. The SMILES string of the molecule is CCCCC(=O)Nc1sc2c(c1C(N)=O)CCC(C)C2. The number of hydrogen-bond acceptors (Lipinski definition) is 3. The number of fused-ring (bicyclic) bond motifs is 1. The van der Waals surface area contributed by atoms with Crippen molar-refractivity contribution in [1.29, 1.82) is 0 Å². The molecule has 110 valence electrons. The van der Waals surface area contributed by atoms with Gasteiger partial charge in [-0.2, -0.15) is 0 Å². The lowest BCUT2D eigenvalue weighted by atomic mass is 9.88. The molecule has 0 aromatic carbocycles. The highest BCUT2D eigenvalue weighted by Gasteiger charge is 2.27. The second-order valence-corrected chi connectivity index (χ2v) is 6.68. The van der Waals surface area contributed by atoms with Gasteiger partial charge in [0.25, 0.3) is 5.91 Å². The Labute approximate surface area is 123 Å². The fraction of sp³-hybridized carbons (Fsp3) is 0.600. The van der Waals surface area contributed by atoms with E-state index in [9.17, 15) is 9.59 Å². The zero-order valence-electron chi connectivity index (χ0n) is 12.1. The Kier molecular flexibility index (Phi) is 4.81. The highest BCUT2D eigenvalue weighted by atomic mass is 32.1. The molecule has 0 saturated heterocycles. The predicted molar refractivity (Wildman–Crippen MR) is 82.2 cm³/mol. The Morgan fingerprint density at radius 2 is 2.20 bits per heavy atom. The molecule has 4 nitrogen and oxygen atoms in total. The number of amides is 2. The van der Waals surface area contributed by atoms with Crippen molar-refractivity contribution in [3.8, 4) is 0 Å². The van der Waals surface area contributed by atoms with Gasteiger partial charge in [0.2, 0.25) is 5.91 Å². The number of primary amides is 1. The number of nitrogens with two attached hydrogens (primary N) is 1. The van der Waals surface area contributed by atoms with Crippen LogP contribution in [0.25, 0.3) is 0 Å². The lowest BCUT2D eigenvalue weighted by Gasteiger charge is -2.18. The number of carbonyl (C=O) groups excluding carboxylic acids is 2. The maximum Gasteiger partial charge on any atom is 0.251 e. The normalized spacial score (nSPS) is 17.6. The number of thiophene rings is 1. The summed E-state index contributed by atoms with van der Waals surface area (Å²) in [7, 11) is 0. The Hall–Kier alpha value is -1.36. The molecule has 0 bridgehead atoms. The molecule has 0 aliphatic heterocycles. The monoisotopic (exact) mass is 294 g/mol. The van der Waals surface area contributed by atoms with Gasteiger partial charge in [0.1, 0.15) is 5.00 Å². The highest BCUT2D eigenvalue weighted by Crippen LogP contribution is 2.39. The summed E-state index contributed by atoms with van der Waals surface area (Å²) in [4.78, 5) is 24.8. The van der Waals surface area contributed by atoms with Gasteiger partial charge in [0, 0.05) is 11.3 Å². The highest BCUT2D eigenvalue weighted by molar-refractivity contribution is 7.17. The maximum absolute atomic E-state index is 11.9. The summed E-state index contributed by atoms with van der Waals surface area (Å²) < 4.78 is 0. The lowest BCUT2D eigenvalue weighted by Crippen LogP contribution is -2.19. The molecule has 0 spiro atoms. The topological polar surface area (TPSA) is 72.2 Å². The second kappa shape index (κ2) is 6.39. The molecule has 1 aromatic heterocycles. The van der Waals surface area contributed by atoms with Crippen molar-refractivity contribution >= 4 is 28.2 Å². The van der Waals surface area contributed by atoms with Crippen LogP contribution in [0.5, 0.6) is 0 Å². The molecule has 1 atom stereocenters. The van der Waals surface area contributed by atoms with Gasteiger partial charge in [0.05, 0.1) is 5.56 Å². The molecule has 1 heterocycles. The van der Waals surface area contributed by atoms with Gasteiger partial charge in [0.15, 0.2) is 0 Å². The summed E-state index contributed by atoms with van der Waals surface area (Å²) in [5.41, 5.74) is 7.11. The number of unbranched alkanes of at least 4 members (excludes halogenated alkanes) is 1. The van der Waals surface area contributed by atoms with E-state index in [4.69, 9.17) is 5.73 Å². The Morgan fingerprint density at radius 3 is 2.85 bits per heavy atom. The van der Waals surface area contributed by atoms with Crippen molar-refractivity contribution in [2.75, 3.05) is 5.32 Å². The Morgan fingerprint density at radius 1 is 1.45 bits per heavy atom. The fourth-order valence-corrected chi connectivity index (χ4v) is 4.06. The van der Waals surface area contributed by atoms with Gasteiger partial charge in [-0.3, -0.25) is 9.59 Å². The van der Waals surface area contributed by atoms with Crippen LogP contribution < -0.4 is 11.1 Å². The molecule has 1 unspecified atom stereocenters. The first-order valence-electron chi connectivity index (χ1n) is 7.27. The van der Waals surface area contributed by atoms with Crippen LogP contribution in [0, 0.1) is 5.92 Å². The van der Waals surface area contributed by atoms with Gasteiger partial charge >= 0.3 is 0 Å². The first-order chi connectivity index (χ1) is 9.52. The van der Waals surface area contributed by atoms with Crippen LogP contribution in [0.1, 0.15) is 60.3 Å². The van der Waals surface area contributed by atoms with Gasteiger partial charge in [-0.25, -0.2) is 0 Å². The maximum atomic E-state index is 11.9. The van der Waals surface area contributed by atoms with Gasteiger partial charge in [-0.15, -0.1) is 11.3 Å². The standard InChI is InChI=1S/C15H22N2O2S/c1-3-4-5-12(18)17-15-13(14(16)19)10-7-6-9(2)8-11(10)20-15/h9H,3-8H2,1-2H3,(H2,16,19)(H,17,18). The third-order valence-corrected chi connectivity index (χ3v) is 4.94. The molecule has 5 heteroatoms. The van der Waals surface area contributed by atoms with E-state index in [1.54, 1.807) is 0 Å². The quantitative estimate of drug-likeness (QED) is 0.876. The summed E-state index contributed by atoms with van der Waals surface area (Å²) in [6.45, 7) is 4.26. The summed E-state index contributed by atoms with van der Waals surface area (Å²) in [5.74, 6) is 0.175. The Bertz CT molecular complexity index is 522. The number of carbonyl (C=O) groups is 2. The van der Waals surface area contributed by atoms with E-state index < -0.39 is 5.91 Å². The van der Waals surface area contributed by atoms with Crippen molar-refractivity contribution in [3.05, 3.63) is 16.0 Å². The van der Waals surface area contributed by atoms with E-state index in [0.717, 1.165) is 37.7 Å². The molecule has 3 N–H and O–H groups in total. The number of nitrogens with one attached hydrogen (secondary N) is 1. The minimum absolute atomic E-state index is 0.0269. The van der Waals surface area contributed by atoms with Crippen LogP contribution in [0.15, 0.2) is 0 Å². The van der Waals surface area contributed by atoms with Crippen LogP contribution >= 0.6 is 11.3 Å². The average Bonchev–Trinajstić information content (AvgIpc) is 2.73. The van der Waals surface area contributed by atoms with E-state index in [1.807, 2.05) is 6.92 Å². The molecule has 0 fully saturated rings. The molecule has 1 aliphatic carbocycles. The molecule has 20 heavy (non-hydrogen) atoms. The molecule has 0 saturated carbocycles. The second-order valence-electron chi connectivity index (χ2n) is 5.57. The molecule has 2 rings (SSSR count). The van der Waals surface area contributed by atoms with Crippen molar-refractivity contribution in [3.63, 3.8) is 0 Å². The predicted octanol–water partition coefficient (Wildman–Crippen LogP) is 3.10. The third-order valence-electron chi connectivity index (χ3n) is 3.77. The van der Waals surface area contributed by atoms with E-state index in [1.165, 1.54) is 16.2 Å². The van der Waals surface area contributed by atoms with Crippen molar-refractivity contribution in [2.45, 2.75) is 52.4 Å². The van der Waals surface area contributed by atoms with Crippen molar-refractivity contribution < 1.29 is 9.59 Å². The molecular weight excluding hydrogens is 272 g/mol. The first-order valence-corrected chi connectivity index (χ1v) is 8.08. The summed E-state index contributed by atoms with van der Waals surface area (Å²) in [6, 6.07) is 0. The summed E-state index contributed by atoms with van der Waals surface area (Å²) in [6.07, 6.45) is 5.27. The molecule has 0 radical (unpaired) electrons. The van der Waals surface area contributed by atoms with Crippen molar-refractivity contribution in [1.82, 2.24) is 0 Å². The van der Waals surface area contributed by atoms with E-state index >= 15 is 0 Å². The zero-order chi connectivity index (χ0) is 14.7. The minimum atomic E-state index is -0.428. The smallest absolute Gasteiger partial charge is 0.251 e. The van der Waals surface area contributed by atoms with Crippen LogP contribution in [0.4, 0.5) is 5.00 Å². The zero-order valence-corrected chi connectivity index (χ0v) is 12.9. The van der Waals surface area contributed by atoms with Crippen LogP contribution in [0.2, 0.25) is 0 Å². The van der Waals surface area contributed by atoms with E-state index in [-0.39, 0.29) is 5.91 Å². The largest absolute Gasteiger partial charge is 0.365 e. The van der Waals surface area contributed by atoms with E-state index in [0.29, 0.717) is 22.9 Å². The van der Waals surface area contributed by atoms with Gasteiger partial charge in [-0.05, 0) is 37.2 Å². The molecule has 2 amide bonds. The first kappa shape index (κ1) is 15.0. The molecular formula is C15H22N2O2S. The number of anilines is 1. The summed E-state index contributed by atoms with van der Waals surface area (Å²) >= 11 is 1.52. The fourth-order valence-electron chi connectivity index (χ4n) is 2.63. The van der Waals surface area contributed by atoms with Crippen molar-refractivity contribution in [2.24, 2.45) is 11.7 Å². The number of hydrogen-bond donors (Lipinski definition) is 2. The summed E-state index contributed by atoms with van der Waals surface area (Å²) in [5, 5.41) is 3.53. The molecule has 1 aromatic rings. The van der Waals surface area contributed by atoms with Crippen LogP contribution in [0.3, 0.4) is 0 Å². The lowest BCUT2D eigenvalue weighted by molar-refractivity contribution is -0.116. The van der Waals surface area contributed by atoms with E-state index in [2.05, 4.69) is 12.2 Å².